The Morgan fingerprint density at radius 3 is 2.26 bits per heavy atom. The molecule has 2 N–H and O–H groups in total. The third-order valence-corrected chi connectivity index (χ3v) is 2.87. The standard InChI is InChI=1S/C14H13NO4/c1-8-3-4-13(16)10(5-8)11-6-9(2)7-12(14(11)17)15(18)19/h3-7,16-17H,1-2H3. The summed E-state index contributed by atoms with van der Waals surface area (Å²) in [6.07, 6.45) is 0. The molecule has 2 rings (SSSR count). The number of nitrogens with zero attached hydrogens (tertiary/aromatic N) is 1. The van der Waals surface area contributed by atoms with E-state index in [2.05, 4.69) is 0 Å². The van der Waals surface area contributed by atoms with Crippen LogP contribution in [0.25, 0.3) is 11.1 Å². The summed E-state index contributed by atoms with van der Waals surface area (Å²) < 4.78 is 0. The Labute approximate surface area is 109 Å². The van der Waals surface area contributed by atoms with Gasteiger partial charge in [0.25, 0.3) is 0 Å². The van der Waals surface area contributed by atoms with Crippen molar-refractivity contribution in [1.82, 2.24) is 0 Å². The highest BCUT2D eigenvalue weighted by Gasteiger charge is 2.20. The van der Waals surface area contributed by atoms with E-state index in [0.717, 1.165) is 5.56 Å². The number of hydrogen-bond acceptors (Lipinski definition) is 4. The molecule has 2 aromatic carbocycles. The number of aryl methyl sites for hydroxylation is 2. The van der Waals surface area contributed by atoms with Gasteiger partial charge in [0.05, 0.1) is 4.92 Å². The van der Waals surface area contributed by atoms with Crippen LogP contribution in [-0.2, 0) is 0 Å². The minimum Gasteiger partial charge on any atom is -0.507 e. The molecule has 0 aromatic heterocycles. The van der Waals surface area contributed by atoms with Crippen LogP contribution in [0.5, 0.6) is 11.5 Å². The fourth-order valence-corrected chi connectivity index (χ4v) is 1.97. The highest BCUT2D eigenvalue weighted by molar-refractivity contribution is 5.80. The Hall–Kier alpha value is -2.56. The van der Waals surface area contributed by atoms with Crippen LogP contribution in [-0.4, -0.2) is 15.1 Å². The summed E-state index contributed by atoms with van der Waals surface area (Å²) in [4.78, 5) is 10.3. The van der Waals surface area contributed by atoms with Crippen LogP contribution in [0.3, 0.4) is 0 Å². The largest absolute Gasteiger partial charge is 0.507 e. The van der Waals surface area contributed by atoms with Crippen LogP contribution in [0.1, 0.15) is 11.1 Å². The summed E-state index contributed by atoms with van der Waals surface area (Å²) in [6.45, 7) is 3.53. The van der Waals surface area contributed by atoms with Crippen molar-refractivity contribution in [1.29, 1.82) is 0 Å². The van der Waals surface area contributed by atoms with Crippen molar-refractivity contribution in [3.63, 3.8) is 0 Å². The summed E-state index contributed by atoms with van der Waals surface area (Å²) in [6, 6.07) is 7.80. The maximum atomic E-state index is 10.9. The molecule has 0 radical (unpaired) electrons. The first kappa shape index (κ1) is 12.9. The van der Waals surface area contributed by atoms with E-state index < -0.39 is 10.7 Å². The highest BCUT2D eigenvalue weighted by atomic mass is 16.6. The van der Waals surface area contributed by atoms with Gasteiger partial charge in [0.15, 0.2) is 0 Å². The molecule has 0 aliphatic rings. The van der Waals surface area contributed by atoms with Gasteiger partial charge >= 0.3 is 5.69 Å². The van der Waals surface area contributed by atoms with Crippen LogP contribution < -0.4 is 0 Å². The molecule has 0 fully saturated rings. The minimum absolute atomic E-state index is 0.0270. The van der Waals surface area contributed by atoms with Crippen LogP contribution in [0.2, 0.25) is 0 Å². The van der Waals surface area contributed by atoms with E-state index in [1.165, 1.54) is 12.1 Å². The number of nitro benzene ring substituents is 1. The molecule has 98 valence electrons. The lowest BCUT2D eigenvalue weighted by atomic mass is 9.98. The topological polar surface area (TPSA) is 83.6 Å². The van der Waals surface area contributed by atoms with Gasteiger partial charge in [-0.25, -0.2) is 0 Å². The van der Waals surface area contributed by atoms with Crippen molar-refractivity contribution in [2.24, 2.45) is 0 Å². The molecule has 0 saturated heterocycles. The highest BCUT2D eigenvalue weighted by Crippen LogP contribution is 2.41. The van der Waals surface area contributed by atoms with E-state index in [9.17, 15) is 20.3 Å². The van der Waals surface area contributed by atoms with Crippen LogP contribution in [0, 0.1) is 24.0 Å². The molecular weight excluding hydrogens is 246 g/mol. The maximum absolute atomic E-state index is 10.9. The summed E-state index contributed by atoms with van der Waals surface area (Å²) in [5.74, 6) is -0.461. The zero-order valence-electron chi connectivity index (χ0n) is 10.5. The molecule has 0 aliphatic heterocycles. The van der Waals surface area contributed by atoms with Crippen LogP contribution in [0.15, 0.2) is 30.3 Å². The van der Waals surface area contributed by atoms with Gasteiger partial charge < -0.3 is 10.2 Å². The van der Waals surface area contributed by atoms with Crippen molar-refractivity contribution >= 4 is 5.69 Å². The van der Waals surface area contributed by atoms with Gasteiger partial charge in [-0.15, -0.1) is 0 Å². The second-order valence-electron chi connectivity index (χ2n) is 4.46. The molecule has 0 bridgehead atoms. The number of phenolic OH excluding ortho intramolecular Hbond substituents is 2. The first-order valence-electron chi connectivity index (χ1n) is 5.68. The number of hydrogen-bond donors (Lipinski definition) is 2. The number of phenols is 2. The lowest BCUT2D eigenvalue weighted by molar-refractivity contribution is -0.385. The van der Waals surface area contributed by atoms with Crippen molar-refractivity contribution in [2.75, 3.05) is 0 Å². The first-order valence-corrected chi connectivity index (χ1v) is 5.68. The van der Waals surface area contributed by atoms with Gasteiger partial charge in [-0.3, -0.25) is 10.1 Å². The predicted octanol–water partition coefficient (Wildman–Crippen LogP) is 3.29. The van der Waals surface area contributed by atoms with E-state index >= 15 is 0 Å². The SMILES string of the molecule is Cc1ccc(O)c(-c2cc(C)cc([N+](=O)[O-])c2O)c1. The fraction of sp³-hybridized carbons (Fsp3) is 0.143. The third kappa shape index (κ3) is 2.35. The monoisotopic (exact) mass is 259 g/mol. The number of rotatable bonds is 2. The predicted molar refractivity (Wildman–Crippen MR) is 71.3 cm³/mol. The lowest BCUT2D eigenvalue weighted by Gasteiger charge is -2.09. The Morgan fingerprint density at radius 1 is 1.00 bits per heavy atom. The summed E-state index contributed by atoms with van der Waals surface area (Å²) >= 11 is 0. The van der Waals surface area contributed by atoms with Gasteiger partial charge in [0.2, 0.25) is 5.75 Å². The molecule has 0 atom stereocenters. The smallest absolute Gasteiger partial charge is 0.311 e. The first-order chi connectivity index (χ1) is 8.90. The Morgan fingerprint density at radius 2 is 1.63 bits per heavy atom. The van der Waals surface area contributed by atoms with E-state index in [4.69, 9.17) is 0 Å². The molecule has 5 heteroatoms. The quantitative estimate of drug-likeness (QED) is 0.640. The molecule has 0 saturated carbocycles. The number of aromatic hydroxyl groups is 2. The van der Waals surface area contributed by atoms with Crippen molar-refractivity contribution in [3.05, 3.63) is 51.6 Å². The van der Waals surface area contributed by atoms with Gasteiger partial charge in [0, 0.05) is 17.2 Å². The average Bonchev–Trinajstić information content (AvgIpc) is 2.34. The second-order valence-corrected chi connectivity index (χ2v) is 4.46. The molecule has 0 heterocycles. The van der Waals surface area contributed by atoms with Gasteiger partial charge in [-0.05, 0) is 37.6 Å². The van der Waals surface area contributed by atoms with E-state index in [-0.39, 0.29) is 17.0 Å². The molecule has 19 heavy (non-hydrogen) atoms. The average molecular weight is 259 g/mol. The fourth-order valence-electron chi connectivity index (χ4n) is 1.97. The van der Waals surface area contributed by atoms with Gasteiger partial charge in [0.1, 0.15) is 5.75 Å². The lowest BCUT2D eigenvalue weighted by Crippen LogP contribution is -1.92. The van der Waals surface area contributed by atoms with E-state index in [0.29, 0.717) is 11.1 Å². The summed E-state index contributed by atoms with van der Waals surface area (Å²) in [5.41, 5.74) is 1.80. The zero-order chi connectivity index (χ0) is 14.2. The number of benzene rings is 2. The van der Waals surface area contributed by atoms with Crippen LogP contribution >= 0.6 is 0 Å². The normalized spacial score (nSPS) is 10.4. The van der Waals surface area contributed by atoms with Crippen LogP contribution in [0.4, 0.5) is 5.69 Å². The number of nitro groups is 1. The molecule has 0 aliphatic carbocycles. The molecule has 5 nitrogen and oxygen atoms in total. The maximum Gasteiger partial charge on any atom is 0.311 e. The molecule has 2 aromatic rings. The molecular formula is C14H13NO4. The Bertz CT molecular complexity index is 665. The van der Waals surface area contributed by atoms with Crippen molar-refractivity contribution in [3.8, 4) is 22.6 Å². The van der Waals surface area contributed by atoms with E-state index in [1.54, 1.807) is 25.1 Å². The Balaban J connectivity index is 2.75. The molecule has 0 spiro atoms. The molecule has 0 unspecified atom stereocenters. The zero-order valence-corrected chi connectivity index (χ0v) is 10.5. The van der Waals surface area contributed by atoms with Gasteiger partial charge in [-0.1, -0.05) is 11.6 Å². The molecule has 0 amide bonds. The van der Waals surface area contributed by atoms with Crippen molar-refractivity contribution < 1.29 is 15.1 Å². The Kier molecular flexibility index (Phi) is 3.12. The minimum atomic E-state index is -0.640. The second kappa shape index (κ2) is 4.61. The van der Waals surface area contributed by atoms with E-state index in [1.807, 2.05) is 6.92 Å². The summed E-state index contributed by atoms with van der Waals surface area (Å²) in [7, 11) is 0. The summed E-state index contributed by atoms with van der Waals surface area (Å²) in [5, 5.41) is 30.7. The van der Waals surface area contributed by atoms with Crippen molar-refractivity contribution in [2.45, 2.75) is 13.8 Å². The van der Waals surface area contributed by atoms with Gasteiger partial charge in [-0.2, -0.15) is 0 Å². The third-order valence-electron chi connectivity index (χ3n) is 2.87.